The summed E-state index contributed by atoms with van der Waals surface area (Å²) in [6, 6.07) is 6.24. The van der Waals surface area contributed by atoms with Crippen molar-refractivity contribution in [3.05, 3.63) is 46.5 Å². The Morgan fingerprint density at radius 1 is 1.41 bits per heavy atom. The smallest absolute Gasteiger partial charge is 0.128 e. The molecule has 0 amide bonds. The quantitative estimate of drug-likeness (QED) is 0.934. The molecule has 0 aliphatic rings. The van der Waals surface area contributed by atoms with Crippen LogP contribution in [-0.2, 0) is 13.1 Å². The molecule has 0 atom stereocenters. The van der Waals surface area contributed by atoms with Crippen LogP contribution in [0.5, 0.6) is 0 Å². The molecule has 0 aliphatic heterocycles. The lowest BCUT2D eigenvalue weighted by Crippen LogP contribution is -2.08. The molecule has 90 valence electrons. The lowest BCUT2D eigenvalue weighted by molar-refractivity contribution is 0.708. The predicted octanol–water partition coefficient (Wildman–Crippen LogP) is 3.59. The fourth-order valence-corrected chi connectivity index (χ4v) is 2.12. The second kappa shape index (κ2) is 5.36. The first-order chi connectivity index (χ1) is 8.20. The first-order valence-corrected chi connectivity index (χ1v) is 6.50. The van der Waals surface area contributed by atoms with Gasteiger partial charge in [-0.2, -0.15) is 0 Å². The molecular weight excluding hydrogens is 278 g/mol. The van der Waals surface area contributed by atoms with Gasteiger partial charge in [0.15, 0.2) is 0 Å². The first-order valence-electron chi connectivity index (χ1n) is 5.70. The summed E-state index contributed by atoms with van der Waals surface area (Å²) in [6.45, 7) is 5.92. The van der Waals surface area contributed by atoms with Gasteiger partial charge in [0.25, 0.3) is 0 Å². The SMILES string of the molecule is CCn1ccnc1CNc1cc(Br)ccc1C. The zero-order valence-corrected chi connectivity index (χ0v) is 11.7. The van der Waals surface area contributed by atoms with Crippen LogP contribution in [0, 0.1) is 6.92 Å². The largest absolute Gasteiger partial charge is 0.378 e. The van der Waals surface area contributed by atoms with E-state index in [-0.39, 0.29) is 0 Å². The van der Waals surface area contributed by atoms with Crippen molar-refractivity contribution < 1.29 is 0 Å². The van der Waals surface area contributed by atoms with Crippen molar-refractivity contribution in [1.82, 2.24) is 9.55 Å². The Labute approximate surface area is 110 Å². The van der Waals surface area contributed by atoms with Gasteiger partial charge in [0.2, 0.25) is 0 Å². The summed E-state index contributed by atoms with van der Waals surface area (Å²) in [5.74, 6) is 1.06. The summed E-state index contributed by atoms with van der Waals surface area (Å²) in [6.07, 6.45) is 3.85. The van der Waals surface area contributed by atoms with Crippen LogP contribution in [0.15, 0.2) is 35.1 Å². The number of hydrogen-bond acceptors (Lipinski definition) is 2. The van der Waals surface area contributed by atoms with Crippen molar-refractivity contribution >= 4 is 21.6 Å². The van der Waals surface area contributed by atoms with E-state index in [1.54, 1.807) is 0 Å². The molecule has 0 spiro atoms. The molecule has 0 saturated heterocycles. The summed E-state index contributed by atoms with van der Waals surface area (Å²) in [7, 11) is 0. The average Bonchev–Trinajstić information content (AvgIpc) is 2.77. The Balaban J connectivity index is 2.09. The summed E-state index contributed by atoms with van der Waals surface area (Å²) < 4.78 is 3.23. The molecule has 1 N–H and O–H groups in total. The van der Waals surface area contributed by atoms with Gasteiger partial charge < -0.3 is 9.88 Å². The maximum absolute atomic E-state index is 4.34. The molecule has 0 radical (unpaired) electrons. The number of anilines is 1. The number of nitrogens with zero attached hydrogens (tertiary/aromatic N) is 2. The number of benzene rings is 1. The van der Waals surface area contributed by atoms with Gasteiger partial charge in [-0.05, 0) is 31.5 Å². The van der Waals surface area contributed by atoms with Crippen molar-refractivity contribution in [3.63, 3.8) is 0 Å². The zero-order chi connectivity index (χ0) is 12.3. The van der Waals surface area contributed by atoms with E-state index in [4.69, 9.17) is 0 Å². The molecular formula is C13H16BrN3. The van der Waals surface area contributed by atoms with Crippen LogP contribution in [0.1, 0.15) is 18.3 Å². The maximum atomic E-state index is 4.34. The molecule has 0 aliphatic carbocycles. The van der Waals surface area contributed by atoms with Gasteiger partial charge in [0.05, 0.1) is 6.54 Å². The van der Waals surface area contributed by atoms with Crippen LogP contribution >= 0.6 is 15.9 Å². The van der Waals surface area contributed by atoms with Crippen LogP contribution in [0.25, 0.3) is 0 Å². The second-order valence-corrected chi connectivity index (χ2v) is 4.86. The third kappa shape index (κ3) is 2.88. The van der Waals surface area contributed by atoms with Gasteiger partial charge in [-0.1, -0.05) is 22.0 Å². The molecule has 2 aromatic rings. The Bertz CT molecular complexity index is 505. The zero-order valence-electron chi connectivity index (χ0n) is 10.1. The van der Waals surface area contributed by atoms with Crippen molar-refractivity contribution in [2.75, 3.05) is 5.32 Å². The lowest BCUT2D eigenvalue weighted by Gasteiger charge is -2.10. The van der Waals surface area contributed by atoms with Gasteiger partial charge >= 0.3 is 0 Å². The van der Waals surface area contributed by atoms with Crippen LogP contribution in [-0.4, -0.2) is 9.55 Å². The average molecular weight is 294 g/mol. The summed E-state index contributed by atoms with van der Waals surface area (Å²) in [5, 5.41) is 3.42. The number of aryl methyl sites for hydroxylation is 2. The Kier molecular flexibility index (Phi) is 3.84. The minimum Gasteiger partial charge on any atom is -0.378 e. The number of rotatable bonds is 4. The van der Waals surface area contributed by atoms with E-state index in [1.165, 1.54) is 5.56 Å². The Morgan fingerprint density at radius 3 is 3.00 bits per heavy atom. The van der Waals surface area contributed by atoms with Gasteiger partial charge in [0, 0.05) is 29.1 Å². The lowest BCUT2D eigenvalue weighted by atomic mass is 10.2. The molecule has 17 heavy (non-hydrogen) atoms. The maximum Gasteiger partial charge on any atom is 0.128 e. The summed E-state index contributed by atoms with van der Waals surface area (Å²) in [5.41, 5.74) is 2.38. The highest BCUT2D eigenvalue weighted by atomic mass is 79.9. The van der Waals surface area contributed by atoms with Crippen molar-refractivity contribution in [2.24, 2.45) is 0 Å². The van der Waals surface area contributed by atoms with E-state index >= 15 is 0 Å². The molecule has 0 fully saturated rings. The van der Waals surface area contributed by atoms with Gasteiger partial charge in [-0.3, -0.25) is 0 Å². The molecule has 1 heterocycles. The normalized spacial score (nSPS) is 10.5. The topological polar surface area (TPSA) is 29.9 Å². The minimum atomic E-state index is 0.748. The summed E-state index contributed by atoms with van der Waals surface area (Å²) >= 11 is 3.48. The molecule has 2 rings (SSSR count). The second-order valence-electron chi connectivity index (χ2n) is 3.94. The summed E-state index contributed by atoms with van der Waals surface area (Å²) in [4.78, 5) is 4.34. The van der Waals surface area contributed by atoms with E-state index in [0.29, 0.717) is 0 Å². The molecule has 3 nitrogen and oxygen atoms in total. The fraction of sp³-hybridized carbons (Fsp3) is 0.308. The number of nitrogens with one attached hydrogen (secondary N) is 1. The number of imidazole rings is 1. The third-order valence-electron chi connectivity index (χ3n) is 2.78. The molecule has 1 aromatic heterocycles. The highest BCUT2D eigenvalue weighted by Crippen LogP contribution is 2.21. The monoisotopic (exact) mass is 293 g/mol. The third-order valence-corrected chi connectivity index (χ3v) is 3.27. The van der Waals surface area contributed by atoms with E-state index in [1.807, 2.05) is 18.5 Å². The van der Waals surface area contributed by atoms with E-state index in [0.717, 1.165) is 29.1 Å². The van der Waals surface area contributed by atoms with Gasteiger partial charge in [0.1, 0.15) is 5.82 Å². The first kappa shape index (κ1) is 12.2. The number of aromatic nitrogens is 2. The highest BCUT2D eigenvalue weighted by molar-refractivity contribution is 9.10. The van der Waals surface area contributed by atoms with Crippen LogP contribution in [0.2, 0.25) is 0 Å². The van der Waals surface area contributed by atoms with Crippen LogP contribution in [0.4, 0.5) is 5.69 Å². The van der Waals surface area contributed by atoms with E-state index in [9.17, 15) is 0 Å². The van der Waals surface area contributed by atoms with Crippen molar-refractivity contribution in [2.45, 2.75) is 26.9 Å². The minimum absolute atomic E-state index is 0.748. The predicted molar refractivity (Wildman–Crippen MR) is 74.1 cm³/mol. The Hall–Kier alpha value is -1.29. The van der Waals surface area contributed by atoms with Crippen molar-refractivity contribution in [1.29, 1.82) is 0 Å². The molecule has 0 bridgehead atoms. The van der Waals surface area contributed by atoms with Gasteiger partial charge in [-0.15, -0.1) is 0 Å². The number of hydrogen-bond donors (Lipinski definition) is 1. The molecule has 1 aromatic carbocycles. The molecule has 4 heteroatoms. The van der Waals surface area contributed by atoms with Gasteiger partial charge in [-0.25, -0.2) is 4.98 Å². The molecule has 0 unspecified atom stereocenters. The van der Waals surface area contributed by atoms with Crippen LogP contribution in [0.3, 0.4) is 0 Å². The highest BCUT2D eigenvalue weighted by Gasteiger charge is 2.03. The standard InChI is InChI=1S/C13H16BrN3/c1-3-17-7-6-15-13(17)9-16-12-8-11(14)5-4-10(12)2/h4-8,16H,3,9H2,1-2H3. The van der Waals surface area contributed by atoms with Crippen LogP contribution < -0.4 is 5.32 Å². The number of halogens is 1. The van der Waals surface area contributed by atoms with Crippen molar-refractivity contribution in [3.8, 4) is 0 Å². The molecule has 0 saturated carbocycles. The van der Waals surface area contributed by atoms with E-state index in [2.05, 4.69) is 56.8 Å². The fourth-order valence-electron chi connectivity index (χ4n) is 1.75. The van der Waals surface area contributed by atoms with E-state index < -0.39 is 0 Å². The Morgan fingerprint density at radius 2 is 2.24 bits per heavy atom.